The third-order valence-electron chi connectivity index (χ3n) is 1.07. The molecule has 0 bridgehead atoms. The maximum absolute atomic E-state index is 12.3. The number of carbonyl (C=O) groups is 1. The van der Waals surface area contributed by atoms with Crippen molar-refractivity contribution in [3.05, 3.63) is 11.8 Å². The number of esters is 1. The van der Waals surface area contributed by atoms with Crippen LogP contribution in [0.4, 0.5) is 8.78 Å². The van der Waals surface area contributed by atoms with E-state index in [0.29, 0.717) is 13.0 Å². The molecular formula is C7H11F2NO2. The van der Waals surface area contributed by atoms with E-state index < -0.39 is 17.6 Å². The maximum Gasteiger partial charge on any atom is 0.332 e. The van der Waals surface area contributed by atoms with E-state index >= 15 is 0 Å². The fourth-order valence-electron chi connectivity index (χ4n) is 0.438. The minimum absolute atomic E-state index is 0.137. The van der Waals surface area contributed by atoms with Gasteiger partial charge in [-0.2, -0.15) is 0 Å². The van der Waals surface area contributed by atoms with Crippen LogP contribution in [0.2, 0.25) is 0 Å². The van der Waals surface area contributed by atoms with E-state index in [2.05, 4.69) is 4.74 Å². The lowest BCUT2D eigenvalue weighted by atomic mass is 10.2. The van der Waals surface area contributed by atoms with Crippen molar-refractivity contribution in [2.75, 3.05) is 6.61 Å². The van der Waals surface area contributed by atoms with Crippen LogP contribution >= 0.6 is 0 Å². The Bertz CT molecular complexity index is 196. The van der Waals surface area contributed by atoms with E-state index in [1.165, 1.54) is 0 Å². The van der Waals surface area contributed by atoms with E-state index in [1.807, 2.05) is 0 Å². The molecule has 0 saturated heterocycles. The van der Waals surface area contributed by atoms with Gasteiger partial charge in [-0.3, -0.25) is 0 Å². The number of hydrogen-bond acceptors (Lipinski definition) is 3. The van der Waals surface area contributed by atoms with Crippen LogP contribution in [-0.4, -0.2) is 18.5 Å². The van der Waals surface area contributed by atoms with Crippen LogP contribution in [0.25, 0.3) is 0 Å². The molecule has 0 atom stereocenters. The second kappa shape index (κ2) is 4.04. The molecule has 0 radical (unpaired) electrons. The average molecular weight is 179 g/mol. The minimum Gasteiger partial charge on any atom is -0.463 e. The molecule has 0 aromatic carbocycles. The van der Waals surface area contributed by atoms with Crippen LogP contribution in [-0.2, 0) is 9.53 Å². The predicted octanol–water partition coefficient (Wildman–Crippen LogP) is 1.05. The van der Waals surface area contributed by atoms with Crippen LogP contribution in [0.1, 0.15) is 13.8 Å². The Morgan fingerprint density at radius 2 is 2.17 bits per heavy atom. The molecule has 0 aliphatic carbocycles. The van der Waals surface area contributed by atoms with Gasteiger partial charge in [0.2, 0.25) is 0 Å². The Morgan fingerprint density at radius 3 is 2.50 bits per heavy atom. The second-order valence-electron chi connectivity index (χ2n) is 2.24. The Hall–Kier alpha value is -1.13. The summed E-state index contributed by atoms with van der Waals surface area (Å²) in [7, 11) is 0. The highest BCUT2D eigenvalue weighted by Crippen LogP contribution is 2.18. The summed E-state index contributed by atoms with van der Waals surface area (Å²) in [5, 5.41) is 0. The van der Waals surface area contributed by atoms with Crippen molar-refractivity contribution in [2.45, 2.75) is 19.8 Å². The van der Waals surface area contributed by atoms with Crippen molar-refractivity contribution < 1.29 is 18.3 Å². The topological polar surface area (TPSA) is 52.3 Å². The standard InChI is InChI=1S/C7H11F2NO2/c1-3-12-6(11)4-5(10)7(2,8)9/h4H,3,10H2,1-2H3/b5-4-. The minimum atomic E-state index is -3.17. The number of alkyl halides is 2. The van der Waals surface area contributed by atoms with Gasteiger partial charge in [-0.05, 0) is 6.92 Å². The molecule has 3 nitrogen and oxygen atoms in total. The number of allylic oxidation sites excluding steroid dienone is 1. The lowest BCUT2D eigenvalue weighted by Gasteiger charge is -2.09. The van der Waals surface area contributed by atoms with Gasteiger partial charge >= 0.3 is 5.97 Å². The molecule has 0 unspecified atom stereocenters. The average Bonchev–Trinajstić information content (AvgIpc) is 1.85. The van der Waals surface area contributed by atoms with Gasteiger partial charge in [0.05, 0.1) is 12.3 Å². The van der Waals surface area contributed by atoms with Crippen molar-refractivity contribution in [1.29, 1.82) is 0 Å². The van der Waals surface area contributed by atoms with Gasteiger partial charge in [0, 0.05) is 13.0 Å². The van der Waals surface area contributed by atoms with Gasteiger partial charge in [-0.15, -0.1) is 0 Å². The fraction of sp³-hybridized carbons (Fsp3) is 0.571. The number of rotatable bonds is 3. The molecule has 0 aromatic heterocycles. The number of hydrogen-bond donors (Lipinski definition) is 1. The Balaban J connectivity index is 4.26. The second-order valence-corrected chi connectivity index (χ2v) is 2.24. The van der Waals surface area contributed by atoms with E-state index in [1.54, 1.807) is 6.92 Å². The fourth-order valence-corrected chi connectivity index (χ4v) is 0.438. The van der Waals surface area contributed by atoms with Crippen molar-refractivity contribution in [2.24, 2.45) is 5.73 Å². The van der Waals surface area contributed by atoms with Crippen LogP contribution in [0.5, 0.6) is 0 Å². The van der Waals surface area contributed by atoms with Crippen molar-refractivity contribution in [3.63, 3.8) is 0 Å². The summed E-state index contributed by atoms with van der Waals surface area (Å²) < 4.78 is 29.0. The molecule has 0 aromatic rings. The third kappa shape index (κ3) is 3.90. The number of nitrogens with two attached hydrogens (primary N) is 1. The summed E-state index contributed by atoms with van der Waals surface area (Å²) in [5.74, 6) is -4.02. The van der Waals surface area contributed by atoms with Gasteiger partial charge in [0.25, 0.3) is 5.92 Å². The highest BCUT2D eigenvalue weighted by atomic mass is 19.3. The largest absolute Gasteiger partial charge is 0.463 e. The first-order valence-electron chi connectivity index (χ1n) is 3.40. The number of carbonyl (C=O) groups excluding carboxylic acids is 1. The van der Waals surface area contributed by atoms with E-state index in [9.17, 15) is 13.6 Å². The zero-order valence-corrected chi connectivity index (χ0v) is 6.93. The summed E-state index contributed by atoms with van der Waals surface area (Å²) in [6.45, 7) is 2.32. The Kier molecular flexibility index (Phi) is 3.66. The molecular weight excluding hydrogens is 168 g/mol. The summed E-state index contributed by atoms with van der Waals surface area (Å²) >= 11 is 0. The van der Waals surface area contributed by atoms with E-state index in [-0.39, 0.29) is 6.61 Å². The number of halogens is 2. The van der Waals surface area contributed by atoms with Crippen molar-refractivity contribution in [3.8, 4) is 0 Å². The van der Waals surface area contributed by atoms with Crippen molar-refractivity contribution >= 4 is 5.97 Å². The Morgan fingerprint density at radius 1 is 1.67 bits per heavy atom. The number of ether oxygens (including phenoxy) is 1. The first-order valence-corrected chi connectivity index (χ1v) is 3.40. The first-order chi connectivity index (χ1) is 5.38. The molecule has 0 amide bonds. The zero-order valence-electron chi connectivity index (χ0n) is 6.93. The first kappa shape index (κ1) is 10.9. The molecule has 0 saturated carbocycles. The smallest absolute Gasteiger partial charge is 0.332 e. The van der Waals surface area contributed by atoms with Gasteiger partial charge in [-0.1, -0.05) is 0 Å². The van der Waals surface area contributed by atoms with Crippen LogP contribution in [0.3, 0.4) is 0 Å². The molecule has 2 N–H and O–H groups in total. The van der Waals surface area contributed by atoms with Gasteiger partial charge in [0.1, 0.15) is 0 Å². The van der Waals surface area contributed by atoms with Crippen LogP contribution in [0.15, 0.2) is 11.8 Å². The monoisotopic (exact) mass is 179 g/mol. The normalized spacial score (nSPS) is 12.8. The zero-order chi connectivity index (χ0) is 9.78. The van der Waals surface area contributed by atoms with Gasteiger partial charge in [-0.25, -0.2) is 13.6 Å². The van der Waals surface area contributed by atoms with E-state index in [0.717, 1.165) is 0 Å². The molecule has 70 valence electrons. The highest BCUT2D eigenvalue weighted by Gasteiger charge is 2.25. The van der Waals surface area contributed by atoms with Gasteiger partial charge < -0.3 is 10.5 Å². The molecule has 0 heterocycles. The molecule has 0 rings (SSSR count). The summed E-state index contributed by atoms with van der Waals surface area (Å²) in [6.07, 6.45) is 0.587. The highest BCUT2D eigenvalue weighted by molar-refractivity contribution is 5.82. The maximum atomic E-state index is 12.3. The SMILES string of the molecule is CCOC(=O)/C=C(\N)C(C)(F)F. The molecule has 0 fully saturated rings. The van der Waals surface area contributed by atoms with Crippen LogP contribution < -0.4 is 5.73 Å². The van der Waals surface area contributed by atoms with Gasteiger partial charge in [0.15, 0.2) is 0 Å². The molecule has 5 heteroatoms. The predicted molar refractivity (Wildman–Crippen MR) is 39.5 cm³/mol. The quantitative estimate of drug-likeness (QED) is 0.520. The summed E-state index contributed by atoms with van der Waals surface area (Å²) in [4.78, 5) is 10.6. The molecule has 0 aliphatic rings. The third-order valence-corrected chi connectivity index (χ3v) is 1.07. The molecule has 0 aliphatic heterocycles. The Labute approximate surface area is 69.2 Å². The molecule has 12 heavy (non-hydrogen) atoms. The lowest BCUT2D eigenvalue weighted by Crippen LogP contribution is -2.22. The lowest BCUT2D eigenvalue weighted by molar-refractivity contribution is -0.137. The summed E-state index contributed by atoms with van der Waals surface area (Å²) in [6, 6.07) is 0. The van der Waals surface area contributed by atoms with Crippen molar-refractivity contribution in [1.82, 2.24) is 0 Å². The molecule has 0 spiro atoms. The van der Waals surface area contributed by atoms with E-state index in [4.69, 9.17) is 5.73 Å². The van der Waals surface area contributed by atoms with Crippen LogP contribution in [0, 0.1) is 0 Å². The summed E-state index contributed by atoms with van der Waals surface area (Å²) in [5.41, 5.74) is 4.10.